The van der Waals surface area contributed by atoms with Crippen LogP contribution < -0.4 is 0 Å². The molecule has 3 atom stereocenters. The van der Waals surface area contributed by atoms with E-state index in [-0.39, 0.29) is 48.8 Å². The smallest absolute Gasteiger partial charge is 0.271 e. The zero-order valence-electron chi connectivity index (χ0n) is 24.9. The quantitative estimate of drug-likeness (QED) is 0.357. The molecule has 3 heterocycles. The third kappa shape index (κ3) is 5.15. The molecular formula is C31H38N4O6S. The minimum Gasteiger partial charge on any atom is -0.394 e. The van der Waals surface area contributed by atoms with Gasteiger partial charge in [0.1, 0.15) is 16.3 Å². The summed E-state index contributed by atoms with van der Waals surface area (Å²) >= 11 is 0. The van der Waals surface area contributed by atoms with Crippen LogP contribution in [0.5, 0.6) is 0 Å². The van der Waals surface area contributed by atoms with Crippen LogP contribution in [-0.4, -0.2) is 77.3 Å². The summed E-state index contributed by atoms with van der Waals surface area (Å²) in [6.45, 7) is 7.22. The van der Waals surface area contributed by atoms with Crippen LogP contribution in [0.1, 0.15) is 41.4 Å². The molecule has 1 aliphatic heterocycles. The Labute approximate surface area is 246 Å². The largest absolute Gasteiger partial charge is 0.394 e. The maximum Gasteiger partial charge on any atom is 0.271 e. The first-order valence-electron chi connectivity index (χ1n) is 14.1. The lowest BCUT2D eigenvalue weighted by atomic mass is 9.96. The average Bonchev–Trinajstić information content (AvgIpc) is 3.47. The van der Waals surface area contributed by atoms with Crippen molar-refractivity contribution >= 4 is 26.8 Å². The number of likely N-dealkylation sites (N-methyl/N-ethyl adjacent to an activating group) is 1. The van der Waals surface area contributed by atoms with Crippen molar-refractivity contribution in [3.05, 3.63) is 71.2 Å². The van der Waals surface area contributed by atoms with Crippen molar-refractivity contribution in [2.45, 2.75) is 51.3 Å². The van der Waals surface area contributed by atoms with Gasteiger partial charge in [0.05, 0.1) is 25.4 Å². The number of para-hydroxylation sites is 1. The van der Waals surface area contributed by atoms with E-state index in [2.05, 4.69) is 5.16 Å². The number of benzene rings is 2. The molecule has 1 amide bonds. The van der Waals surface area contributed by atoms with Gasteiger partial charge in [-0.1, -0.05) is 54.5 Å². The van der Waals surface area contributed by atoms with Gasteiger partial charge in [-0.25, -0.2) is 8.42 Å². The maximum atomic E-state index is 14.5. The first kappa shape index (κ1) is 30.0. The lowest BCUT2D eigenvalue weighted by Crippen LogP contribution is -2.48. The number of aromatic nitrogens is 2. The van der Waals surface area contributed by atoms with Crippen molar-refractivity contribution in [3.8, 4) is 11.1 Å². The minimum absolute atomic E-state index is 0.0428. The monoisotopic (exact) mass is 594 g/mol. The Bertz CT molecular complexity index is 1710. The van der Waals surface area contributed by atoms with Crippen LogP contribution in [0.25, 0.3) is 22.0 Å². The van der Waals surface area contributed by atoms with E-state index in [0.29, 0.717) is 11.4 Å². The minimum atomic E-state index is -3.92. The van der Waals surface area contributed by atoms with E-state index >= 15 is 0 Å². The molecule has 1 aliphatic rings. The standard InChI is InChI=1S/C31H38N4O6S/c1-19-15-35(20(2)17-36)31(37)29-28(25-13-9-10-14-26(25)34(29)6)24-12-8-7-11-23(24)18-40-27(19)16-33(5)42(38,39)30-21(3)32-41-22(30)4/h7-14,19-20,27,36H,15-18H2,1-6H3/t19-,20-,27+/m0/s1. The fourth-order valence-corrected chi connectivity index (χ4v) is 7.34. The maximum absolute atomic E-state index is 14.5. The molecule has 2 aromatic carbocycles. The number of ether oxygens (including phenoxy) is 1. The van der Waals surface area contributed by atoms with Crippen LogP contribution in [0.2, 0.25) is 0 Å². The van der Waals surface area contributed by atoms with Crippen molar-refractivity contribution in [1.29, 1.82) is 0 Å². The number of carbonyl (C=O) groups is 1. The fraction of sp³-hybridized carbons (Fsp3) is 0.419. The summed E-state index contributed by atoms with van der Waals surface area (Å²) in [6, 6.07) is 15.3. The van der Waals surface area contributed by atoms with Gasteiger partial charge in [0.2, 0.25) is 10.0 Å². The summed E-state index contributed by atoms with van der Waals surface area (Å²) in [4.78, 5) is 16.2. The van der Waals surface area contributed by atoms with Gasteiger partial charge in [-0.15, -0.1) is 0 Å². The Kier molecular flexibility index (Phi) is 8.30. The van der Waals surface area contributed by atoms with Gasteiger partial charge in [0.15, 0.2) is 5.76 Å². The second-order valence-corrected chi connectivity index (χ2v) is 13.2. The highest BCUT2D eigenvalue weighted by Gasteiger charge is 2.36. The molecule has 0 fully saturated rings. The number of aryl methyl sites for hydroxylation is 3. The van der Waals surface area contributed by atoms with Gasteiger partial charge < -0.3 is 23.8 Å². The Morgan fingerprint density at radius 3 is 2.52 bits per heavy atom. The predicted molar refractivity (Wildman–Crippen MR) is 159 cm³/mol. The Morgan fingerprint density at radius 2 is 1.83 bits per heavy atom. The van der Waals surface area contributed by atoms with E-state index in [9.17, 15) is 18.3 Å². The molecule has 10 nitrogen and oxygen atoms in total. The molecular weight excluding hydrogens is 556 g/mol. The highest BCUT2D eigenvalue weighted by molar-refractivity contribution is 7.89. The highest BCUT2D eigenvalue weighted by Crippen LogP contribution is 2.38. The molecule has 0 saturated heterocycles. The van der Waals surface area contributed by atoms with Crippen LogP contribution in [0.15, 0.2) is 57.9 Å². The van der Waals surface area contributed by atoms with Gasteiger partial charge in [-0.3, -0.25) is 4.79 Å². The molecule has 1 N–H and O–H groups in total. The van der Waals surface area contributed by atoms with Gasteiger partial charge in [0, 0.05) is 49.6 Å². The molecule has 0 aliphatic carbocycles. The number of hydrogen-bond acceptors (Lipinski definition) is 7. The normalized spacial score (nSPS) is 19.0. The highest BCUT2D eigenvalue weighted by atomic mass is 32.2. The number of carbonyl (C=O) groups excluding carboxylic acids is 1. The van der Waals surface area contributed by atoms with E-state index in [1.165, 1.54) is 11.4 Å². The third-order valence-corrected chi connectivity index (χ3v) is 10.4. The summed E-state index contributed by atoms with van der Waals surface area (Å²) in [5, 5.41) is 15.0. The Hall–Kier alpha value is -3.51. The summed E-state index contributed by atoms with van der Waals surface area (Å²) < 4.78 is 42.0. The summed E-state index contributed by atoms with van der Waals surface area (Å²) in [7, 11) is -0.521. The molecule has 2 aromatic heterocycles. The summed E-state index contributed by atoms with van der Waals surface area (Å²) in [5.41, 5.74) is 4.34. The zero-order valence-corrected chi connectivity index (χ0v) is 25.7. The lowest BCUT2D eigenvalue weighted by molar-refractivity contribution is -0.0147. The first-order valence-corrected chi connectivity index (χ1v) is 15.5. The van der Waals surface area contributed by atoms with E-state index in [0.717, 1.165) is 27.6 Å². The number of sulfonamides is 1. The van der Waals surface area contributed by atoms with Crippen molar-refractivity contribution in [3.63, 3.8) is 0 Å². The van der Waals surface area contributed by atoms with Gasteiger partial charge in [-0.05, 0) is 38.0 Å². The number of fused-ring (bicyclic) bond motifs is 5. The molecule has 5 rings (SSSR count). The second kappa shape index (κ2) is 11.6. The zero-order chi connectivity index (χ0) is 30.3. The predicted octanol–water partition coefficient (Wildman–Crippen LogP) is 4.13. The molecule has 0 unspecified atom stereocenters. The van der Waals surface area contributed by atoms with Crippen molar-refractivity contribution in [1.82, 2.24) is 18.9 Å². The lowest BCUT2D eigenvalue weighted by Gasteiger charge is -2.34. The van der Waals surface area contributed by atoms with E-state index in [4.69, 9.17) is 9.26 Å². The van der Waals surface area contributed by atoms with Crippen LogP contribution in [0.4, 0.5) is 0 Å². The Morgan fingerprint density at radius 1 is 1.14 bits per heavy atom. The van der Waals surface area contributed by atoms with E-state index < -0.39 is 22.2 Å². The number of amides is 1. The SMILES string of the molecule is Cc1noc(C)c1S(=O)(=O)N(C)C[C@H]1OCc2ccccc2-c2c(n(C)c3ccccc23)C(=O)N([C@@H](C)CO)C[C@@H]1C. The van der Waals surface area contributed by atoms with Crippen LogP contribution in [0.3, 0.4) is 0 Å². The van der Waals surface area contributed by atoms with Crippen molar-refractivity contribution in [2.75, 3.05) is 26.7 Å². The number of aliphatic hydroxyl groups excluding tert-OH is 1. The van der Waals surface area contributed by atoms with Gasteiger partial charge in [0.25, 0.3) is 5.91 Å². The Balaban J connectivity index is 1.62. The summed E-state index contributed by atoms with van der Waals surface area (Å²) in [6.07, 6.45) is -0.572. The second-order valence-electron chi connectivity index (χ2n) is 11.2. The van der Waals surface area contributed by atoms with Gasteiger partial charge >= 0.3 is 0 Å². The molecule has 42 heavy (non-hydrogen) atoms. The molecule has 0 bridgehead atoms. The van der Waals surface area contributed by atoms with Crippen LogP contribution in [-0.2, 0) is 28.4 Å². The molecule has 11 heteroatoms. The molecule has 0 spiro atoms. The number of aliphatic hydroxyl groups is 1. The topological polar surface area (TPSA) is 118 Å². The number of rotatable bonds is 6. The van der Waals surface area contributed by atoms with Crippen LogP contribution in [0, 0.1) is 19.8 Å². The number of hydrogen-bond donors (Lipinski definition) is 1. The van der Waals surface area contributed by atoms with E-state index in [1.807, 2.05) is 74.0 Å². The van der Waals surface area contributed by atoms with E-state index in [1.54, 1.807) is 18.7 Å². The first-order chi connectivity index (χ1) is 20.0. The van der Waals surface area contributed by atoms with Crippen molar-refractivity contribution < 1.29 is 27.6 Å². The molecule has 224 valence electrons. The molecule has 0 radical (unpaired) electrons. The summed E-state index contributed by atoms with van der Waals surface area (Å²) in [5.74, 6) is -0.263. The van der Waals surface area contributed by atoms with Crippen LogP contribution >= 0.6 is 0 Å². The average molecular weight is 595 g/mol. The van der Waals surface area contributed by atoms with Gasteiger partial charge in [-0.2, -0.15) is 4.31 Å². The third-order valence-electron chi connectivity index (χ3n) is 8.30. The molecule has 4 aromatic rings. The fourth-order valence-electron chi connectivity index (χ4n) is 5.88. The molecule has 0 saturated carbocycles. The number of nitrogens with zero attached hydrogens (tertiary/aromatic N) is 4. The van der Waals surface area contributed by atoms with Crippen molar-refractivity contribution in [2.24, 2.45) is 13.0 Å².